The molecule has 0 bridgehead atoms. The molecule has 0 aromatic heterocycles. The van der Waals surface area contributed by atoms with E-state index in [0.717, 1.165) is 32.1 Å². The van der Waals surface area contributed by atoms with Crippen LogP contribution in [-0.4, -0.2) is 46.0 Å². The first-order valence-electron chi connectivity index (χ1n) is 11.3. The van der Waals surface area contributed by atoms with Crippen LogP contribution in [0.4, 0.5) is 4.79 Å². The number of imide groups is 1. The highest BCUT2D eigenvalue weighted by Gasteiger charge is 2.54. The van der Waals surface area contributed by atoms with Gasteiger partial charge in [-0.2, -0.15) is 0 Å². The summed E-state index contributed by atoms with van der Waals surface area (Å²) in [6, 6.07) is 0.999. The van der Waals surface area contributed by atoms with Crippen LogP contribution in [0.3, 0.4) is 0 Å². The molecule has 0 radical (unpaired) electrons. The van der Waals surface area contributed by atoms with E-state index in [1.54, 1.807) is 4.90 Å². The van der Waals surface area contributed by atoms with Crippen molar-refractivity contribution in [3.05, 3.63) is 0 Å². The number of nitrogens with zero attached hydrogens (tertiary/aromatic N) is 2. The predicted octanol–water partition coefficient (Wildman–Crippen LogP) is 4.27. The Bertz CT molecular complexity index is 584. The van der Waals surface area contributed by atoms with Crippen LogP contribution in [0.5, 0.6) is 0 Å². The zero-order valence-corrected chi connectivity index (χ0v) is 17.4. The summed E-state index contributed by atoms with van der Waals surface area (Å²) in [5.74, 6) is 0.692. The molecule has 5 heteroatoms. The van der Waals surface area contributed by atoms with E-state index in [-0.39, 0.29) is 11.9 Å². The Morgan fingerprint density at radius 2 is 1.63 bits per heavy atom. The van der Waals surface area contributed by atoms with Crippen molar-refractivity contribution in [2.24, 2.45) is 11.3 Å². The summed E-state index contributed by atoms with van der Waals surface area (Å²) >= 11 is 0. The Balaban J connectivity index is 1.43. The number of carbonyl (C=O) groups is 2. The van der Waals surface area contributed by atoms with Crippen molar-refractivity contribution in [3.8, 4) is 0 Å². The van der Waals surface area contributed by atoms with Crippen molar-refractivity contribution < 1.29 is 9.59 Å². The van der Waals surface area contributed by atoms with Gasteiger partial charge in [-0.1, -0.05) is 40.0 Å². The zero-order valence-electron chi connectivity index (χ0n) is 17.4. The fraction of sp³-hybridized carbons (Fsp3) is 0.909. The molecule has 0 aromatic carbocycles. The third-order valence-electron chi connectivity index (χ3n) is 8.22. The molecular formula is C22H37N3O2. The quantitative estimate of drug-likeness (QED) is 0.706. The Morgan fingerprint density at radius 3 is 2.19 bits per heavy atom. The minimum Gasteiger partial charge on any atom is -0.323 e. The van der Waals surface area contributed by atoms with Crippen molar-refractivity contribution in [1.29, 1.82) is 0 Å². The fourth-order valence-electron chi connectivity index (χ4n) is 5.66. The summed E-state index contributed by atoms with van der Waals surface area (Å²) in [7, 11) is 0. The summed E-state index contributed by atoms with van der Waals surface area (Å²) in [4.78, 5) is 30.1. The molecule has 0 atom stereocenters. The van der Waals surface area contributed by atoms with Gasteiger partial charge in [-0.05, 0) is 62.7 Å². The van der Waals surface area contributed by atoms with Gasteiger partial charge in [0.15, 0.2) is 0 Å². The smallest absolute Gasteiger partial charge is 0.323 e. The molecule has 5 nitrogen and oxygen atoms in total. The second-order valence-electron chi connectivity index (χ2n) is 10.2. The van der Waals surface area contributed by atoms with Gasteiger partial charge in [-0.3, -0.25) is 9.69 Å². The Morgan fingerprint density at radius 1 is 1.04 bits per heavy atom. The first kappa shape index (κ1) is 19.2. The van der Waals surface area contributed by atoms with Crippen LogP contribution in [0.15, 0.2) is 0 Å². The lowest BCUT2D eigenvalue weighted by atomic mass is 9.65. The fourth-order valence-corrected chi connectivity index (χ4v) is 5.66. The van der Waals surface area contributed by atoms with Crippen LogP contribution in [0.2, 0.25) is 0 Å². The highest BCUT2D eigenvalue weighted by molar-refractivity contribution is 6.07. The van der Waals surface area contributed by atoms with Crippen LogP contribution in [0.1, 0.15) is 91.4 Å². The van der Waals surface area contributed by atoms with E-state index in [0.29, 0.717) is 30.1 Å². The molecule has 4 fully saturated rings. The van der Waals surface area contributed by atoms with Gasteiger partial charge in [-0.25, -0.2) is 9.69 Å². The van der Waals surface area contributed by atoms with E-state index in [4.69, 9.17) is 0 Å². The SMILES string of the molecule is CCC(C)(C)C1CCC2(CC1)NC(=O)N(CN(C1CCCC1)C1CC1)C2=O. The normalized spacial score (nSPS) is 32.7. The monoisotopic (exact) mass is 375 g/mol. The molecule has 4 aliphatic rings. The van der Waals surface area contributed by atoms with Gasteiger partial charge in [0.1, 0.15) is 5.54 Å². The number of amides is 3. The van der Waals surface area contributed by atoms with E-state index < -0.39 is 5.54 Å². The summed E-state index contributed by atoms with van der Waals surface area (Å²) in [6.07, 6.45) is 12.3. The molecule has 1 saturated heterocycles. The summed E-state index contributed by atoms with van der Waals surface area (Å²) in [6.45, 7) is 7.44. The van der Waals surface area contributed by atoms with Crippen molar-refractivity contribution in [1.82, 2.24) is 15.1 Å². The lowest BCUT2D eigenvalue weighted by Gasteiger charge is -2.42. The molecule has 1 heterocycles. The van der Waals surface area contributed by atoms with Crippen molar-refractivity contribution in [3.63, 3.8) is 0 Å². The molecule has 0 unspecified atom stereocenters. The average molecular weight is 376 g/mol. The van der Waals surface area contributed by atoms with Crippen molar-refractivity contribution >= 4 is 11.9 Å². The van der Waals surface area contributed by atoms with E-state index >= 15 is 0 Å². The third-order valence-corrected chi connectivity index (χ3v) is 8.22. The second kappa shape index (κ2) is 7.06. The number of hydrogen-bond donors (Lipinski definition) is 1. The molecule has 4 rings (SSSR count). The number of carbonyl (C=O) groups excluding carboxylic acids is 2. The number of rotatable bonds is 6. The molecule has 0 aromatic rings. The lowest BCUT2D eigenvalue weighted by Crippen LogP contribution is -2.52. The Kier molecular flexibility index (Phi) is 5.02. The first-order valence-corrected chi connectivity index (χ1v) is 11.3. The summed E-state index contributed by atoms with van der Waals surface area (Å²) in [5.41, 5.74) is -0.305. The van der Waals surface area contributed by atoms with Crippen LogP contribution in [0, 0.1) is 11.3 Å². The molecule has 3 saturated carbocycles. The molecular weight excluding hydrogens is 338 g/mol. The highest BCUT2D eigenvalue weighted by atomic mass is 16.2. The molecule has 3 amide bonds. The van der Waals surface area contributed by atoms with Gasteiger partial charge in [-0.15, -0.1) is 0 Å². The van der Waals surface area contributed by atoms with Gasteiger partial charge >= 0.3 is 6.03 Å². The summed E-state index contributed by atoms with van der Waals surface area (Å²) in [5, 5.41) is 3.13. The van der Waals surface area contributed by atoms with E-state index in [9.17, 15) is 9.59 Å². The summed E-state index contributed by atoms with van der Waals surface area (Å²) < 4.78 is 0. The Hall–Kier alpha value is -1.10. The minimum atomic E-state index is -0.623. The van der Waals surface area contributed by atoms with Crippen LogP contribution in [-0.2, 0) is 4.79 Å². The largest absolute Gasteiger partial charge is 0.326 e. The maximum absolute atomic E-state index is 13.3. The lowest BCUT2D eigenvalue weighted by molar-refractivity contribution is -0.135. The Labute approximate surface area is 164 Å². The molecule has 3 aliphatic carbocycles. The van der Waals surface area contributed by atoms with Gasteiger partial charge in [0.05, 0.1) is 6.67 Å². The number of nitrogens with one attached hydrogen (secondary N) is 1. The van der Waals surface area contributed by atoms with Crippen LogP contribution in [0.25, 0.3) is 0 Å². The maximum atomic E-state index is 13.3. The van der Waals surface area contributed by atoms with Gasteiger partial charge < -0.3 is 5.32 Å². The van der Waals surface area contributed by atoms with E-state index in [1.165, 1.54) is 38.5 Å². The van der Waals surface area contributed by atoms with E-state index in [2.05, 4.69) is 31.0 Å². The van der Waals surface area contributed by atoms with E-state index in [1.807, 2.05) is 0 Å². The van der Waals surface area contributed by atoms with Gasteiger partial charge in [0.25, 0.3) is 5.91 Å². The molecule has 27 heavy (non-hydrogen) atoms. The second-order valence-corrected chi connectivity index (χ2v) is 10.2. The zero-order chi connectivity index (χ0) is 19.2. The minimum absolute atomic E-state index is 0.0453. The van der Waals surface area contributed by atoms with Crippen molar-refractivity contribution in [2.75, 3.05) is 6.67 Å². The van der Waals surface area contributed by atoms with Crippen LogP contribution < -0.4 is 5.32 Å². The standard InChI is InChI=1S/C22H37N3O2/c1-4-21(2,3)16-11-13-22(14-12-16)19(26)25(20(27)23-22)15-24(18-9-10-18)17-7-5-6-8-17/h16-18H,4-15H2,1-3H3,(H,23,27). The highest BCUT2D eigenvalue weighted by Crippen LogP contribution is 2.45. The average Bonchev–Trinajstić information content (AvgIpc) is 3.30. The molecule has 1 N–H and O–H groups in total. The maximum Gasteiger partial charge on any atom is 0.326 e. The van der Waals surface area contributed by atoms with Gasteiger partial charge in [0.2, 0.25) is 0 Å². The molecule has 1 aliphatic heterocycles. The first-order chi connectivity index (χ1) is 12.9. The molecule has 152 valence electrons. The van der Waals surface area contributed by atoms with Crippen LogP contribution >= 0.6 is 0 Å². The topological polar surface area (TPSA) is 52.7 Å². The van der Waals surface area contributed by atoms with Crippen molar-refractivity contribution in [2.45, 2.75) is 109 Å². The third kappa shape index (κ3) is 3.52. The number of hydrogen-bond acceptors (Lipinski definition) is 3. The predicted molar refractivity (Wildman–Crippen MR) is 106 cm³/mol. The molecule has 1 spiro atoms. The van der Waals surface area contributed by atoms with Gasteiger partial charge in [0, 0.05) is 12.1 Å². The number of urea groups is 1.